The summed E-state index contributed by atoms with van der Waals surface area (Å²) in [4.78, 5) is 22.3. The second-order valence-corrected chi connectivity index (χ2v) is 4.14. The van der Waals surface area contributed by atoms with Crippen LogP contribution >= 0.6 is 0 Å². The first-order chi connectivity index (χ1) is 8.56. The number of hydrogen-bond donors (Lipinski definition) is 2. The first-order valence-corrected chi connectivity index (χ1v) is 5.57. The van der Waals surface area contributed by atoms with Crippen LogP contribution in [0.15, 0.2) is 36.4 Å². The van der Waals surface area contributed by atoms with Crippen LogP contribution in [-0.4, -0.2) is 16.8 Å². The predicted octanol–water partition coefficient (Wildman–Crippen LogP) is 2.46. The van der Waals surface area contributed by atoms with Crippen LogP contribution in [0.3, 0.4) is 0 Å². The largest absolute Gasteiger partial charge is 0.507 e. The van der Waals surface area contributed by atoms with E-state index in [0.29, 0.717) is 11.1 Å². The number of ketones is 1. The standard InChI is InChI=1S/C14H13NO3/c1-9(16)7-14(18)15-11-6-5-10-3-2-4-13(17)12(10)8-11/h2-6,8,17H,7H2,1H3,(H,15,18). The van der Waals surface area contributed by atoms with Crippen LogP contribution in [0.25, 0.3) is 10.8 Å². The van der Waals surface area contributed by atoms with Gasteiger partial charge in [-0.25, -0.2) is 0 Å². The van der Waals surface area contributed by atoms with E-state index in [1.54, 1.807) is 30.3 Å². The van der Waals surface area contributed by atoms with Crippen molar-refractivity contribution in [1.82, 2.24) is 0 Å². The van der Waals surface area contributed by atoms with Crippen LogP contribution in [0.1, 0.15) is 13.3 Å². The molecule has 0 aliphatic rings. The number of anilines is 1. The van der Waals surface area contributed by atoms with Crippen molar-refractivity contribution in [1.29, 1.82) is 0 Å². The van der Waals surface area contributed by atoms with Gasteiger partial charge in [-0.05, 0) is 30.5 Å². The van der Waals surface area contributed by atoms with Crippen LogP contribution in [0.2, 0.25) is 0 Å². The quantitative estimate of drug-likeness (QED) is 0.814. The molecule has 1 amide bonds. The number of hydrogen-bond acceptors (Lipinski definition) is 3. The Balaban J connectivity index is 2.27. The van der Waals surface area contributed by atoms with Gasteiger partial charge in [-0.1, -0.05) is 18.2 Å². The molecule has 0 heterocycles. The van der Waals surface area contributed by atoms with Crippen molar-refractivity contribution in [3.63, 3.8) is 0 Å². The number of Topliss-reactive ketones (excluding diaryl/α,β-unsaturated/α-hetero) is 1. The Kier molecular flexibility index (Phi) is 3.28. The van der Waals surface area contributed by atoms with Gasteiger partial charge < -0.3 is 10.4 Å². The van der Waals surface area contributed by atoms with Crippen molar-refractivity contribution in [2.75, 3.05) is 5.32 Å². The molecule has 2 aromatic carbocycles. The lowest BCUT2D eigenvalue weighted by Crippen LogP contribution is -2.14. The molecule has 0 saturated carbocycles. The van der Waals surface area contributed by atoms with Crippen molar-refractivity contribution in [2.24, 2.45) is 0 Å². The van der Waals surface area contributed by atoms with E-state index in [9.17, 15) is 14.7 Å². The summed E-state index contributed by atoms with van der Waals surface area (Å²) >= 11 is 0. The first-order valence-electron chi connectivity index (χ1n) is 5.57. The second-order valence-electron chi connectivity index (χ2n) is 4.14. The Bertz CT molecular complexity index is 619. The molecule has 0 unspecified atom stereocenters. The number of nitrogens with one attached hydrogen (secondary N) is 1. The van der Waals surface area contributed by atoms with Crippen LogP contribution in [0.5, 0.6) is 5.75 Å². The van der Waals surface area contributed by atoms with E-state index >= 15 is 0 Å². The maximum Gasteiger partial charge on any atom is 0.231 e. The molecule has 0 atom stereocenters. The van der Waals surface area contributed by atoms with E-state index in [1.165, 1.54) is 6.92 Å². The molecule has 0 aliphatic heterocycles. The predicted molar refractivity (Wildman–Crippen MR) is 69.5 cm³/mol. The number of amides is 1. The van der Waals surface area contributed by atoms with Gasteiger partial charge in [0.2, 0.25) is 5.91 Å². The van der Waals surface area contributed by atoms with Crippen LogP contribution in [-0.2, 0) is 9.59 Å². The van der Waals surface area contributed by atoms with Crippen molar-refractivity contribution in [2.45, 2.75) is 13.3 Å². The van der Waals surface area contributed by atoms with Crippen LogP contribution in [0, 0.1) is 0 Å². The van der Waals surface area contributed by atoms with Gasteiger partial charge in [0.1, 0.15) is 11.5 Å². The fourth-order valence-corrected chi connectivity index (χ4v) is 1.77. The van der Waals surface area contributed by atoms with Gasteiger partial charge in [0.25, 0.3) is 0 Å². The van der Waals surface area contributed by atoms with Crippen molar-refractivity contribution >= 4 is 28.2 Å². The van der Waals surface area contributed by atoms with Crippen molar-refractivity contribution < 1.29 is 14.7 Å². The molecular weight excluding hydrogens is 230 g/mol. The highest BCUT2D eigenvalue weighted by Crippen LogP contribution is 2.27. The highest BCUT2D eigenvalue weighted by molar-refractivity contribution is 6.04. The van der Waals surface area contributed by atoms with E-state index < -0.39 is 0 Å². The number of benzene rings is 2. The molecule has 0 saturated heterocycles. The Morgan fingerprint density at radius 2 is 2.00 bits per heavy atom. The molecule has 2 N–H and O–H groups in total. The maximum atomic E-state index is 11.4. The fraction of sp³-hybridized carbons (Fsp3) is 0.143. The van der Waals surface area contributed by atoms with E-state index in [-0.39, 0.29) is 23.9 Å². The van der Waals surface area contributed by atoms with Gasteiger partial charge in [0.05, 0.1) is 6.42 Å². The average molecular weight is 243 g/mol. The normalized spacial score (nSPS) is 10.3. The fourth-order valence-electron chi connectivity index (χ4n) is 1.77. The summed E-state index contributed by atoms with van der Waals surface area (Å²) < 4.78 is 0. The number of phenols is 1. The lowest BCUT2D eigenvalue weighted by atomic mass is 10.1. The lowest BCUT2D eigenvalue weighted by Gasteiger charge is -2.06. The number of carbonyl (C=O) groups excluding carboxylic acids is 2. The smallest absolute Gasteiger partial charge is 0.231 e. The van der Waals surface area contributed by atoms with Crippen molar-refractivity contribution in [3.05, 3.63) is 36.4 Å². The van der Waals surface area contributed by atoms with Gasteiger partial charge in [0.15, 0.2) is 0 Å². The minimum Gasteiger partial charge on any atom is -0.507 e. The third-order valence-electron chi connectivity index (χ3n) is 2.55. The van der Waals surface area contributed by atoms with Crippen molar-refractivity contribution in [3.8, 4) is 5.75 Å². The summed E-state index contributed by atoms with van der Waals surface area (Å²) in [6, 6.07) is 10.4. The van der Waals surface area contributed by atoms with Crippen LogP contribution in [0.4, 0.5) is 5.69 Å². The minimum atomic E-state index is -0.350. The third-order valence-corrected chi connectivity index (χ3v) is 2.55. The number of fused-ring (bicyclic) bond motifs is 1. The number of carbonyl (C=O) groups is 2. The summed E-state index contributed by atoms with van der Waals surface area (Å²) in [6.45, 7) is 1.37. The summed E-state index contributed by atoms with van der Waals surface area (Å²) in [5.74, 6) is -0.372. The molecule has 4 heteroatoms. The SMILES string of the molecule is CC(=O)CC(=O)Nc1ccc2cccc(O)c2c1. The van der Waals surface area contributed by atoms with Crippen LogP contribution < -0.4 is 5.32 Å². The zero-order chi connectivity index (χ0) is 13.1. The van der Waals surface area contributed by atoms with E-state index in [2.05, 4.69) is 5.32 Å². The molecule has 0 fully saturated rings. The molecule has 0 aromatic heterocycles. The Labute approximate surface area is 104 Å². The molecule has 0 bridgehead atoms. The number of phenolic OH excluding ortho intramolecular Hbond substituents is 1. The summed E-state index contributed by atoms with van der Waals surface area (Å²) in [5, 5.41) is 13.9. The zero-order valence-electron chi connectivity index (χ0n) is 9.93. The lowest BCUT2D eigenvalue weighted by molar-refractivity contribution is -0.124. The maximum absolute atomic E-state index is 11.4. The molecular formula is C14H13NO3. The van der Waals surface area contributed by atoms with Gasteiger partial charge in [-0.3, -0.25) is 9.59 Å². The molecule has 0 spiro atoms. The van der Waals surface area contributed by atoms with Gasteiger partial charge >= 0.3 is 0 Å². The minimum absolute atomic E-state index is 0.140. The molecule has 2 rings (SSSR count). The highest BCUT2D eigenvalue weighted by atomic mass is 16.3. The zero-order valence-corrected chi connectivity index (χ0v) is 9.93. The molecule has 4 nitrogen and oxygen atoms in total. The average Bonchev–Trinajstić information content (AvgIpc) is 2.29. The molecule has 2 aromatic rings. The van der Waals surface area contributed by atoms with Gasteiger partial charge in [-0.2, -0.15) is 0 Å². The van der Waals surface area contributed by atoms with E-state index in [1.807, 2.05) is 6.07 Å². The topological polar surface area (TPSA) is 66.4 Å². The number of rotatable bonds is 3. The molecule has 18 heavy (non-hydrogen) atoms. The molecule has 92 valence electrons. The molecule has 0 radical (unpaired) electrons. The molecule has 0 aliphatic carbocycles. The monoisotopic (exact) mass is 243 g/mol. The van der Waals surface area contributed by atoms with E-state index in [0.717, 1.165) is 5.39 Å². The third kappa shape index (κ3) is 2.66. The summed E-state index contributed by atoms with van der Waals surface area (Å²) in [6.07, 6.45) is -0.140. The summed E-state index contributed by atoms with van der Waals surface area (Å²) in [7, 11) is 0. The Morgan fingerprint density at radius 3 is 2.72 bits per heavy atom. The van der Waals surface area contributed by atoms with Gasteiger partial charge in [0, 0.05) is 11.1 Å². The van der Waals surface area contributed by atoms with E-state index in [4.69, 9.17) is 0 Å². The highest BCUT2D eigenvalue weighted by Gasteiger charge is 2.06. The Hall–Kier alpha value is -2.36. The first kappa shape index (κ1) is 12.1. The number of aromatic hydroxyl groups is 1. The summed E-state index contributed by atoms with van der Waals surface area (Å²) in [5.41, 5.74) is 0.565. The second kappa shape index (κ2) is 4.87. The van der Waals surface area contributed by atoms with Gasteiger partial charge in [-0.15, -0.1) is 0 Å². The Morgan fingerprint density at radius 1 is 1.22 bits per heavy atom.